The van der Waals surface area contributed by atoms with Gasteiger partial charge in [-0.05, 0) is 69.1 Å². The maximum Gasteiger partial charge on any atom is 0.0843 e. The second-order valence-electron chi connectivity index (χ2n) is 3.95. The second-order valence-corrected chi connectivity index (χ2v) is 7.61. The molecule has 1 heterocycles. The van der Waals surface area contributed by atoms with E-state index < -0.39 is 0 Å². The van der Waals surface area contributed by atoms with Crippen LogP contribution in [0.2, 0.25) is 5.02 Å². The van der Waals surface area contributed by atoms with Crippen LogP contribution in [-0.4, -0.2) is 7.05 Å². The number of hydrogen-bond acceptors (Lipinski definition) is 2. The lowest BCUT2D eigenvalue weighted by atomic mass is 10.0. The highest BCUT2D eigenvalue weighted by Gasteiger charge is 2.18. The average Bonchev–Trinajstić information content (AvgIpc) is 2.66. The number of rotatable bonds is 3. The van der Waals surface area contributed by atoms with Crippen molar-refractivity contribution in [2.75, 3.05) is 7.05 Å². The van der Waals surface area contributed by atoms with Gasteiger partial charge in [-0.3, -0.25) is 0 Å². The van der Waals surface area contributed by atoms with E-state index in [2.05, 4.69) is 56.2 Å². The fourth-order valence-corrected chi connectivity index (χ4v) is 4.29. The van der Waals surface area contributed by atoms with Gasteiger partial charge in [-0.15, -0.1) is 11.3 Å². The summed E-state index contributed by atoms with van der Waals surface area (Å²) >= 11 is 15.0. The Hall–Kier alpha value is 0.130. The van der Waals surface area contributed by atoms with Crippen molar-refractivity contribution in [3.8, 4) is 0 Å². The highest BCUT2D eigenvalue weighted by Crippen LogP contribution is 2.38. The number of benzene rings is 1. The summed E-state index contributed by atoms with van der Waals surface area (Å²) in [7, 11) is 1.96. The fraction of sp³-hybridized carbons (Fsp3) is 0.231. The van der Waals surface area contributed by atoms with Crippen LogP contribution in [0.1, 0.15) is 22.0 Å². The van der Waals surface area contributed by atoms with Crippen molar-refractivity contribution in [3.05, 3.63) is 53.6 Å². The Morgan fingerprint density at radius 3 is 2.61 bits per heavy atom. The van der Waals surface area contributed by atoms with E-state index in [-0.39, 0.29) is 6.04 Å². The quantitative estimate of drug-likeness (QED) is 0.701. The molecule has 0 amide bonds. The zero-order valence-electron chi connectivity index (χ0n) is 9.93. The molecule has 1 unspecified atom stereocenters. The summed E-state index contributed by atoms with van der Waals surface area (Å²) < 4.78 is 2.19. The van der Waals surface area contributed by atoms with Crippen molar-refractivity contribution in [2.24, 2.45) is 0 Å². The molecule has 18 heavy (non-hydrogen) atoms. The van der Waals surface area contributed by atoms with Gasteiger partial charge in [0.15, 0.2) is 0 Å². The summed E-state index contributed by atoms with van der Waals surface area (Å²) in [6, 6.07) is 8.33. The molecule has 1 nitrogen and oxygen atoms in total. The van der Waals surface area contributed by atoms with Crippen molar-refractivity contribution in [2.45, 2.75) is 13.0 Å². The van der Waals surface area contributed by atoms with Gasteiger partial charge in [0.1, 0.15) is 0 Å². The molecule has 1 N–H and O–H groups in total. The van der Waals surface area contributed by atoms with E-state index in [4.69, 9.17) is 11.6 Å². The van der Waals surface area contributed by atoms with Gasteiger partial charge >= 0.3 is 0 Å². The SMILES string of the molecule is CNC(c1cc(Br)c(Br)s1)c1cccc(Cl)c1C. The van der Waals surface area contributed by atoms with Crippen molar-refractivity contribution in [3.63, 3.8) is 0 Å². The Kier molecular flexibility index (Phi) is 4.89. The van der Waals surface area contributed by atoms with E-state index in [1.807, 2.05) is 19.2 Å². The number of halogens is 3. The van der Waals surface area contributed by atoms with E-state index in [0.717, 1.165) is 18.8 Å². The summed E-state index contributed by atoms with van der Waals surface area (Å²) in [5, 5.41) is 4.16. The Labute approximate surface area is 133 Å². The van der Waals surface area contributed by atoms with Gasteiger partial charge in [0.2, 0.25) is 0 Å². The molecule has 0 radical (unpaired) electrons. The summed E-state index contributed by atoms with van der Waals surface area (Å²) in [5.41, 5.74) is 2.34. The minimum atomic E-state index is 0.163. The van der Waals surface area contributed by atoms with Crippen LogP contribution in [0, 0.1) is 6.92 Å². The Morgan fingerprint density at radius 2 is 2.06 bits per heavy atom. The van der Waals surface area contributed by atoms with Gasteiger partial charge in [-0.2, -0.15) is 0 Å². The lowest BCUT2D eigenvalue weighted by Crippen LogP contribution is -2.17. The van der Waals surface area contributed by atoms with E-state index in [1.54, 1.807) is 11.3 Å². The predicted molar refractivity (Wildman–Crippen MR) is 86.8 cm³/mol. The van der Waals surface area contributed by atoms with Crippen molar-refractivity contribution in [1.82, 2.24) is 5.32 Å². The fourth-order valence-electron chi connectivity index (χ4n) is 1.89. The van der Waals surface area contributed by atoms with E-state index >= 15 is 0 Å². The summed E-state index contributed by atoms with van der Waals surface area (Å²) in [4.78, 5) is 1.25. The molecule has 1 aromatic heterocycles. The van der Waals surface area contributed by atoms with Crippen LogP contribution in [0.4, 0.5) is 0 Å². The zero-order valence-corrected chi connectivity index (χ0v) is 14.7. The molecule has 96 valence electrons. The minimum absolute atomic E-state index is 0.163. The first kappa shape index (κ1) is 14.5. The molecule has 1 aromatic carbocycles. The molecular formula is C13H12Br2ClNS. The van der Waals surface area contributed by atoms with Crippen LogP contribution in [0.15, 0.2) is 32.5 Å². The van der Waals surface area contributed by atoms with Gasteiger partial charge in [-0.25, -0.2) is 0 Å². The molecule has 0 spiro atoms. The molecule has 0 aliphatic carbocycles. The van der Waals surface area contributed by atoms with Crippen molar-refractivity contribution in [1.29, 1.82) is 0 Å². The first-order valence-electron chi connectivity index (χ1n) is 5.41. The Morgan fingerprint density at radius 1 is 1.33 bits per heavy atom. The van der Waals surface area contributed by atoms with Gasteiger partial charge in [0.05, 0.1) is 9.83 Å². The number of nitrogens with one attached hydrogen (secondary N) is 1. The monoisotopic (exact) mass is 407 g/mol. The van der Waals surface area contributed by atoms with E-state index in [9.17, 15) is 0 Å². The summed E-state index contributed by atoms with van der Waals surface area (Å²) in [6.45, 7) is 2.06. The lowest BCUT2D eigenvalue weighted by molar-refractivity contribution is 0.699. The third-order valence-electron chi connectivity index (χ3n) is 2.86. The maximum absolute atomic E-state index is 6.20. The van der Waals surface area contributed by atoms with Gasteiger partial charge < -0.3 is 5.32 Å². The molecule has 0 saturated heterocycles. The van der Waals surface area contributed by atoms with Gasteiger partial charge in [0, 0.05) is 14.4 Å². The molecule has 0 aliphatic rings. The normalized spacial score (nSPS) is 12.7. The molecule has 0 aliphatic heterocycles. The Bertz CT molecular complexity index is 549. The molecule has 2 rings (SSSR count). The molecule has 5 heteroatoms. The van der Waals surface area contributed by atoms with Crippen LogP contribution >= 0.6 is 54.8 Å². The van der Waals surface area contributed by atoms with Crippen molar-refractivity contribution >= 4 is 54.8 Å². The predicted octanol–water partition coefficient (Wildman–Crippen LogP) is 5.54. The zero-order chi connectivity index (χ0) is 13.3. The standard InChI is InChI=1S/C13H12Br2ClNS/c1-7-8(4-3-5-10(7)16)12(17-2)11-6-9(14)13(15)18-11/h3-6,12,17H,1-2H3. The van der Waals surface area contributed by atoms with E-state index in [0.29, 0.717) is 0 Å². The van der Waals surface area contributed by atoms with Gasteiger partial charge in [0.25, 0.3) is 0 Å². The number of hydrogen-bond donors (Lipinski definition) is 1. The van der Waals surface area contributed by atoms with Crippen molar-refractivity contribution < 1.29 is 0 Å². The second kappa shape index (κ2) is 6.06. The minimum Gasteiger partial charge on any atom is -0.309 e. The molecule has 1 atom stereocenters. The number of thiophene rings is 1. The van der Waals surface area contributed by atoms with Crippen LogP contribution < -0.4 is 5.32 Å². The lowest BCUT2D eigenvalue weighted by Gasteiger charge is -2.18. The first-order valence-corrected chi connectivity index (χ1v) is 8.19. The summed E-state index contributed by atoms with van der Waals surface area (Å²) in [6.07, 6.45) is 0. The molecule has 0 saturated carbocycles. The first-order chi connectivity index (χ1) is 8.54. The average molecular weight is 410 g/mol. The largest absolute Gasteiger partial charge is 0.309 e. The maximum atomic E-state index is 6.20. The smallest absolute Gasteiger partial charge is 0.0843 e. The topological polar surface area (TPSA) is 12.0 Å². The van der Waals surface area contributed by atoms with Crippen LogP contribution in [0.3, 0.4) is 0 Å². The third kappa shape index (κ3) is 2.83. The molecular weight excluding hydrogens is 397 g/mol. The highest BCUT2D eigenvalue weighted by molar-refractivity contribution is 9.13. The van der Waals surface area contributed by atoms with E-state index in [1.165, 1.54) is 10.4 Å². The van der Waals surface area contributed by atoms with Crippen LogP contribution in [0.25, 0.3) is 0 Å². The molecule has 2 aromatic rings. The molecule has 0 fully saturated rings. The van der Waals surface area contributed by atoms with Gasteiger partial charge in [-0.1, -0.05) is 23.7 Å². The van der Waals surface area contributed by atoms with Crippen LogP contribution in [-0.2, 0) is 0 Å². The van der Waals surface area contributed by atoms with Crippen LogP contribution in [0.5, 0.6) is 0 Å². The Balaban J connectivity index is 2.48. The molecule has 0 bridgehead atoms. The summed E-state index contributed by atoms with van der Waals surface area (Å²) in [5.74, 6) is 0. The highest BCUT2D eigenvalue weighted by atomic mass is 79.9. The third-order valence-corrected chi connectivity index (χ3v) is 6.59.